The molecule has 1 heterocycles. The quantitative estimate of drug-likeness (QED) is 0.213. The van der Waals surface area contributed by atoms with Crippen molar-refractivity contribution in [3.05, 3.63) is 12.2 Å². The topological polar surface area (TPSA) is 148 Å². The molecule has 10 nitrogen and oxygen atoms in total. The summed E-state index contributed by atoms with van der Waals surface area (Å²) in [6.07, 6.45) is 7.15. The van der Waals surface area contributed by atoms with Gasteiger partial charge in [-0.3, -0.25) is 14.4 Å². The van der Waals surface area contributed by atoms with Crippen molar-refractivity contribution in [1.82, 2.24) is 10.2 Å². The third-order valence-electron chi connectivity index (χ3n) is 6.06. The van der Waals surface area contributed by atoms with Crippen molar-refractivity contribution < 1.29 is 33.8 Å². The minimum absolute atomic E-state index is 0.00229. The highest BCUT2D eigenvalue weighted by Gasteiger charge is 2.42. The van der Waals surface area contributed by atoms with Gasteiger partial charge in [0.05, 0.1) is 18.6 Å². The third kappa shape index (κ3) is 9.51. The lowest BCUT2D eigenvalue weighted by Crippen LogP contribution is -2.53. The highest BCUT2D eigenvalue weighted by atomic mass is 16.6. The summed E-state index contributed by atoms with van der Waals surface area (Å²) in [5.41, 5.74) is 4.69. The molecule has 35 heavy (non-hydrogen) atoms. The molecule has 0 aromatic rings. The lowest BCUT2D eigenvalue weighted by Gasteiger charge is -2.28. The fourth-order valence-electron chi connectivity index (χ4n) is 4.24. The van der Waals surface area contributed by atoms with Gasteiger partial charge in [-0.15, -0.1) is 0 Å². The summed E-state index contributed by atoms with van der Waals surface area (Å²) in [7, 11) is 0. The van der Waals surface area contributed by atoms with E-state index in [-0.39, 0.29) is 30.8 Å². The average molecular weight is 496 g/mol. The lowest BCUT2D eigenvalue weighted by molar-refractivity contribution is -0.144. The highest BCUT2D eigenvalue weighted by Crippen LogP contribution is 2.40. The van der Waals surface area contributed by atoms with Crippen LogP contribution >= 0.6 is 0 Å². The number of amides is 3. The Morgan fingerprint density at radius 2 is 1.89 bits per heavy atom. The maximum absolute atomic E-state index is 13.2. The molecule has 1 aliphatic heterocycles. The van der Waals surface area contributed by atoms with E-state index in [0.29, 0.717) is 19.4 Å². The number of aliphatic hydroxyl groups excluding tert-OH is 1. The molecular weight excluding hydrogens is 454 g/mol. The van der Waals surface area contributed by atoms with E-state index >= 15 is 0 Å². The first-order valence-electron chi connectivity index (χ1n) is 12.5. The van der Waals surface area contributed by atoms with Gasteiger partial charge < -0.3 is 30.5 Å². The van der Waals surface area contributed by atoms with Gasteiger partial charge in [0, 0.05) is 13.0 Å². The van der Waals surface area contributed by atoms with Crippen molar-refractivity contribution in [2.24, 2.45) is 17.6 Å². The maximum Gasteiger partial charge on any atom is 0.408 e. The molecule has 4 N–H and O–H groups in total. The molecule has 0 radical (unpaired) electrons. The van der Waals surface area contributed by atoms with E-state index in [4.69, 9.17) is 15.2 Å². The normalized spacial score (nSPS) is 24.8. The Labute approximate surface area is 207 Å². The number of nitrogens with zero attached hydrogens (tertiary/aromatic N) is 1. The second-order valence-corrected chi connectivity index (χ2v) is 10.3. The predicted molar refractivity (Wildman–Crippen MR) is 129 cm³/mol. The van der Waals surface area contributed by atoms with E-state index in [1.807, 2.05) is 0 Å². The van der Waals surface area contributed by atoms with Crippen LogP contribution in [0, 0.1) is 11.8 Å². The Bertz CT molecular complexity index is 792. The van der Waals surface area contributed by atoms with Crippen molar-refractivity contribution >= 4 is 23.9 Å². The number of unbranched alkanes of at least 4 members (excludes halogenated alkanes) is 3. The summed E-state index contributed by atoms with van der Waals surface area (Å²) in [5, 5.41) is 12.6. The van der Waals surface area contributed by atoms with E-state index in [1.165, 1.54) is 4.90 Å². The van der Waals surface area contributed by atoms with Crippen LogP contribution in [0.25, 0.3) is 0 Å². The number of carbonyl (C=O) groups is 4. The second kappa shape index (κ2) is 12.9. The molecular formula is C25H41N3O7. The minimum Gasteiger partial charge on any atom is -0.466 e. The number of rotatable bonds is 12. The van der Waals surface area contributed by atoms with Gasteiger partial charge >= 0.3 is 12.1 Å². The molecule has 0 unspecified atom stereocenters. The fraction of sp³-hybridized carbons (Fsp3) is 0.760. The SMILES string of the molecule is CCOC(=O)[C@H]1C[C@H]1/C=C\CCCCC[C@H](NC(=O)OC(C)(C)C)C(=O)N1C[C@@H](O)C[C@H]1C(N)=O. The number of allylic oxidation sites excluding steroid dienone is 2. The first-order valence-corrected chi connectivity index (χ1v) is 12.5. The van der Waals surface area contributed by atoms with Crippen LogP contribution in [-0.2, 0) is 23.9 Å². The van der Waals surface area contributed by atoms with Crippen LogP contribution in [0.5, 0.6) is 0 Å². The number of nitrogens with two attached hydrogens (primary N) is 1. The van der Waals surface area contributed by atoms with E-state index in [9.17, 15) is 24.3 Å². The maximum atomic E-state index is 13.2. The Morgan fingerprint density at radius 1 is 1.17 bits per heavy atom. The number of β-amino-alcohol motifs (C(OH)–C–C–N with tert-alkyl or cyclic N) is 1. The van der Waals surface area contributed by atoms with Gasteiger partial charge in [0.2, 0.25) is 11.8 Å². The molecule has 198 valence electrons. The summed E-state index contributed by atoms with van der Waals surface area (Å²) in [6, 6.07) is -1.78. The van der Waals surface area contributed by atoms with E-state index < -0.39 is 41.7 Å². The summed E-state index contributed by atoms with van der Waals surface area (Å²) in [5.74, 6) is -0.999. The van der Waals surface area contributed by atoms with E-state index in [0.717, 1.165) is 25.7 Å². The van der Waals surface area contributed by atoms with Crippen molar-refractivity contribution in [2.75, 3.05) is 13.2 Å². The van der Waals surface area contributed by atoms with Gasteiger partial charge in [-0.25, -0.2) is 4.79 Å². The summed E-state index contributed by atoms with van der Waals surface area (Å²) < 4.78 is 10.3. The van der Waals surface area contributed by atoms with Gasteiger partial charge in [-0.1, -0.05) is 25.0 Å². The number of carbonyl (C=O) groups excluding carboxylic acids is 4. The van der Waals surface area contributed by atoms with E-state index in [1.54, 1.807) is 27.7 Å². The van der Waals surface area contributed by atoms with Crippen molar-refractivity contribution in [3.8, 4) is 0 Å². The lowest BCUT2D eigenvalue weighted by atomic mass is 10.0. The molecule has 2 rings (SSSR count). The van der Waals surface area contributed by atoms with Crippen molar-refractivity contribution in [3.63, 3.8) is 0 Å². The zero-order valence-corrected chi connectivity index (χ0v) is 21.3. The molecule has 0 aromatic carbocycles. The first-order chi connectivity index (χ1) is 16.4. The van der Waals surface area contributed by atoms with Crippen molar-refractivity contribution in [1.29, 1.82) is 0 Å². The number of nitrogens with one attached hydrogen (secondary N) is 1. The summed E-state index contributed by atoms with van der Waals surface area (Å²) >= 11 is 0. The zero-order chi connectivity index (χ0) is 26.2. The number of likely N-dealkylation sites (tertiary alicyclic amines) is 1. The van der Waals surface area contributed by atoms with Crippen LogP contribution in [0.1, 0.15) is 72.6 Å². The monoisotopic (exact) mass is 495 g/mol. The molecule has 1 saturated carbocycles. The number of primary amides is 1. The Kier molecular flexibility index (Phi) is 10.5. The average Bonchev–Trinajstić information content (AvgIpc) is 3.42. The van der Waals surface area contributed by atoms with Crippen LogP contribution < -0.4 is 11.1 Å². The predicted octanol–water partition coefficient (Wildman–Crippen LogP) is 2.03. The number of alkyl carbamates (subject to hydrolysis) is 1. The molecule has 0 spiro atoms. The Morgan fingerprint density at radius 3 is 2.51 bits per heavy atom. The molecule has 1 saturated heterocycles. The third-order valence-corrected chi connectivity index (χ3v) is 6.06. The molecule has 1 aliphatic carbocycles. The van der Waals surface area contributed by atoms with Gasteiger partial charge in [0.1, 0.15) is 17.7 Å². The molecule has 10 heteroatoms. The zero-order valence-electron chi connectivity index (χ0n) is 21.3. The van der Waals surface area contributed by atoms with Crippen LogP contribution in [0.4, 0.5) is 4.79 Å². The summed E-state index contributed by atoms with van der Waals surface area (Å²) in [6.45, 7) is 7.39. The molecule has 3 amide bonds. The number of ether oxygens (including phenoxy) is 2. The Balaban J connectivity index is 1.84. The van der Waals surface area contributed by atoms with Gasteiger partial charge in [-0.2, -0.15) is 0 Å². The van der Waals surface area contributed by atoms with Gasteiger partial charge in [0.15, 0.2) is 0 Å². The van der Waals surface area contributed by atoms with Crippen LogP contribution in [0.2, 0.25) is 0 Å². The van der Waals surface area contributed by atoms with E-state index in [2.05, 4.69) is 17.5 Å². The highest BCUT2D eigenvalue weighted by molar-refractivity contribution is 5.91. The van der Waals surface area contributed by atoms with Gasteiger partial charge in [-0.05, 0) is 59.3 Å². The fourth-order valence-corrected chi connectivity index (χ4v) is 4.24. The minimum atomic E-state index is -0.897. The number of aliphatic hydroxyl groups is 1. The van der Waals surface area contributed by atoms with Crippen molar-refractivity contribution in [2.45, 2.75) is 96.4 Å². The van der Waals surface area contributed by atoms with Crippen LogP contribution in [0.15, 0.2) is 12.2 Å². The smallest absolute Gasteiger partial charge is 0.408 e. The number of esters is 1. The molecule has 5 atom stereocenters. The summed E-state index contributed by atoms with van der Waals surface area (Å²) in [4.78, 5) is 50.2. The van der Waals surface area contributed by atoms with Crippen LogP contribution in [0.3, 0.4) is 0 Å². The van der Waals surface area contributed by atoms with Crippen LogP contribution in [-0.4, -0.2) is 70.8 Å². The first kappa shape index (κ1) is 28.6. The number of hydrogen-bond acceptors (Lipinski definition) is 7. The molecule has 0 aromatic heterocycles. The standard InChI is InChI=1S/C25H41N3O7/c1-5-34-23(32)18-13-16(18)11-9-7-6-8-10-12-19(27-24(33)35-25(2,3)4)22(31)28-15-17(29)14-20(28)21(26)30/h9,11,16-20,29H,5-8,10,12-15H2,1-4H3,(H2,26,30)(H,27,33)/b11-9-/t16-,17+,18+,19+,20+/m1/s1. The molecule has 0 bridgehead atoms. The number of hydrogen-bond donors (Lipinski definition) is 3. The second-order valence-electron chi connectivity index (χ2n) is 10.3. The van der Waals surface area contributed by atoms with Gasteiger partial charge in [0.25, 0.3) is 0 Å². The Hall–Kier alpha value is -2.62. The molecule has 2 fully saturated rings. The molecule has 2 aliphatic rings. The largest absolute Gasteiger partial charge is 0.466 e.